The Morgan fingerprint density at radius 1 is 1.40 bits per heavy atom. The van der Waals surface area contributed by atoms with Crippen molar-refractivity contribution in [3.63, 3.8) is 0 Å². The maximum absolute atomic E-state index is 12.5. The van der Waals surface area contributed by atoms with Gasteiger partial charge in [-0.3, -0.25) is 9.79 Å². The molecule has 1 saturated heterocycles. The summed E-state index contributed by atoms with van der Waals surface area (Å²) >= 11 is 1.69. The Kier molecular flexibility index (Phi) is 6.29. The summed E-state index contributed by atoms with van der Waals surface area (Å²) in [6.45, 7) is 4.49. The van der Waals surface area contributed by atoms with E-state index in [0.29, 0.717) is 5.91 Å². The molecule has 0 spiro atoms. The highest BCUT2D eigenvalue weighted by molar-refractivity contribution is 7.09. The van der Waals surface area contributed by atoms with Gasteiger partial charge in [-0.1, -0.05) is 12.8 Å². The van der Waals surface area contributed by atoms with Crippen molar-refractivity contribution in [1.82, 2.24) is 20.5 Å². The molecule has 1 aliphatic carbocycles. The van der Waals surface area contributed by atoms with E-state index >= 15 is 0 Å². The second kappa shape index (κ2) is 8.65. The van der Waals surface area contributed by atoms with Gasteiger partial charge in [-0.05, 0) is 26.2 Å². The van der Waals surface area contributed by atoms with Gasteiger partial charge in [-0.2, -0.15) is 0 Å². The molecule has 7 heteroatoms. The minimum absolute atomic E-state index is 0.276. The number of likely N-dealkylation sites (tertiary alicyclic amines) is 1. The van der Waals surface area contributed by atoms with Gasteiger partial charge in [-0.25, -0.2) is 4.98 Å². The lowest BCUT2D eigenvalue weighted by Gasteiger charge is -2.21. The van der Waals surface area contributed by atoms with Gasteiger partial charge in [0.05, 0.1) is 10.7 Å². The highest BCUT2D eigenvalue weighted by Gasteiger charge is 2.32. The summed E-state index contributed by atoms with van der Waals surface area (Å²) in [6, 6.07) is 0.290. The summed E-state index contributed by atoms with van der Waals surface area (Å²) in [5.41, 5.74) is 1.12. The Bertz CT molecular complexity index is 608. The quantitative estimate of drug-likeness (QED) is 0.620. The van der Waals surface area contributed by atoms with Crippen molar-refractivity contribution in [2.24, 2.45) is 10.9 Å². The van der Waals surface area contributed by atoms with Crippen molar-refractivity contribution in [2.75, 3.05) is 26.7 Å². The third-order valence-electron chi connectivity index (χ3n) is 5.11. The van der Waals surface area contributed by atoms with Gasteiger partial charge in [0.1, 0.15) is 0 Å². The highest BCUT2D eigenvalue weighted by atomic mass is 32.1. The van der Waals surface area contributed by atoms with Gasteiger partial charge in [0.2, 0.25) is 5.91 Å². The van der Waals surface area contributed by atoms with E-state index in [-0.39, 0.29) is 12.0 Å². The number of aliphatic imine (C=N–C) groups is 1. The van der Waals surface area contributed by atoms with Crippen molar-refractivity contribution >= 4 is 23.2 Å². The molecule has 1 amide bonds. The first-order valence-electron chi connectivity index (χ1n) is 9.32. The number of rotatable bonds is 5. The minimum Gasteiger partial charge on any atom is -0.356 e. The van der Waals surface area contributed by atoms with Crippen molar-refractivity contribution in [1.29, 1.82) is 0 Å². The molecule has 6 nitrogen and oxygen atoms in total. The van der Waals surface area contributed by atoms with Crippen LogP contribution < -0.4 is 10.6 Å². The molecule has 0 radical (unpaired) electrons. The Hall–Kier alpha value is -1.63. The Morgan fingerprint density at radius 2 is 2.20 bits per heavy atom. The predicted octanol–water partition coefficient (Wildman–Crippen LogP) is 1.95. The number of hydrogen-bond acceptors (Lipinski definition) is 4. The van der Waals surface area contributed by atoms with Crippen LogP contribution in [0.1, 0.15) is 42.8 Å². The van der Waals surface area contributed by atoms with Crippen LogP contribution in [0.15, 0.2) is 10.4 Å². The molecule has 2 aliphatic rings. The van der Waals surface area contributed by atoms with Gasteiger partial charge >= 0.3 is 0 Å². The second-order valence-electron chi connectivity index (χ2n) is 7.00. The molecule has 0 bridgehead atoms. The zero-order chi connectivity index (χ0) is 17.6. The monoisotopic (exact) mass is 363 g/mol. The van der Waals surface area contributed by atoms with Gasteiger partial charge in [-0.15, -0.1) is 11.3 Å². The first-order valence-corrected chi connectivity index (χ1v) is 10.2. The van der Waals surface area contributed by atoms with Gasteiger partial charge in [0.15, 0.2) is 5.96 Å². The third kappa shape index (κ3) is 4.93. The van der Waals surface area contributed by atoms with E-state index in [1.165, 1.54) is 12.8 Å². The SMILES string of the molecule is CN=C(NCCc1csc(C)n1)NC1CCN(C(=O)C2CCCC2)C1. The molecular weight excluding hydrogens is 334 g/mol. The normalized spacial score (nSPS) is 21.8. The van der Waals surface area contributed by atoms with Crippen LogP contribution in [0.3, 0.4) is 0 Å². The summed E-state index contributed by atoms with van der Waals surface area (Å²) < 4.78 is 0. The van der Waals surface area contributed by atoms with Gasteiger partial charge in [0.25, 0.3) is 0 Å². The van der Waals surface area contributed by atoms with E-state index in [0.717, 1.165) is 62.0 Å². The Labute approximate surface area is 154 Å². The fourth-order valence-corrected chi connectivity index (χ4v) is 4.38. The van der Waals surface area contributed by atoms with Crippen LogP contribution in [0.5, 0.6) is 0 Å². The molecular formula is C18H29N5OS. The van der Waals surface area contributed by atoms with Crippen LogP contribution in [-0.4, -0.2) is 54.5 Å². The van der Waals surface area contributed by atoms with E-state index in [4.69, 9.17) is 0 Å². The molecule has 3 rings (SSSR count). The number of guanidine groups is 1. The number of amides is 1. The van der Waals surface area contributed by atoms with Crippen LogP contribution in [0, 0.1) is 12.8 Å². The lowest BCUT2D eigenvalue weighted by molar-refractivity contribution is -0.134. The van der Waals surface area contributed by atoms with Crippen molar-refractivity contribution < 1.29 is 4.79 Å². The minimum atomic E-state index is 0.276. The number of nitrogens with zero attached hydrogens (tertiary/aromatic N) is 3. The molecule has 2 fully saturated rings. The molecule has 1 aromatic rings. The van der Waals surface area contributed by atoms with Gasteiger partial charge in [0, 0.05) is 50.4 Å². The van der Waals surface area contributed by atoms with Crippen molar-refractivity contribution in [2.45, 2.75) is 51.5 Å². The molecule has 2 N–H and O–H groups in total. The number of carbonyl (C=O) groups is 1. The third-order valence-corrected chi connectivity index (χ3v) is 5.93. The summed E-state index contributed by atoms with van der Waals surface area (Å²) in [5.74, 6) is 1.45. The number of aryl methyl sites for hydroxylation is 1. The van der Waals surface area contributed by atoms with Crippen LogP contribution >= 0.6 is 11.3 Å². The summed E-state index contributed by atoms with van der Waals surface area (Å²) in [5, 5.41) is 10.0. The topological polar surface area (TPSA) is 69.6 Å². The fourth-order valence-electron chi connectivity index (χ4n) is 3.73. The zero-order valence-electron chi connectivity index (χ0n) is 15.3. The van der Waals surface area contributed by atoms with E-state index < -0.39 is 0 Å². The average molecular weight is 364 g/mol. The highest BCUT2D eigenvalue weighted by Crippen LogP contribution is 2.27. The molecule has 1 atom stereocenters. The van der Waals surface area contributed by atoms with Crippen LogP contribution in [0.2, 0.25) is 0 Å². The molecule has 1 saturated carbocycles. The number of carbonyl (C=O) groups excluding carboxylic acids is 1. The molecule has 2 heterocycles. The fraction of sp³-hybridized carbons (Fsp3) is 0.722. The summed E-state index contributed by atoms with van der Waals surface area (Å²) in [7, 11) is 1.79. The molecule has 0 aromatic carbocycles. The van der Waals surface area contributed by atoms with Gasteiger partial charge < -0.3 is 15.5 Å². The maximum Gasteiger partial charge on any atom is 0.225 e. The molecule has 1 aromatic heterocycles. The lowest BCUT2D eigenvalue weighted by atomic mass is 10.1. The molecule has 1 aliphatic heterocycles. The molecule has 138 valence electrons. The van der Waals surface area contributed by atoms with Crippen LogP contribution in [-0.2, 0) is 11.2 Å². The Morgan fingerprint density at radius 3 is 2.88 bits per heavy atom. The van der Waals surface area contributed by atoms with E-state index in [2.05, 4.69) is 26.0 Å². The van der Waals surface area contributed by atoms with Crippen LogP contribution in [0.4, 0.5) is 0 Å². The number of nitrogens with one attached hydrogen (secondary N) is 2. The van der Waals surface area contributed by atoms with E-state index in [9.17, 15) is 4.79 Å². The van der Waals surface area contributed by atoms with E-state index in [1.54, 1.807) is 18.4 Å². The van der Waals surface area contributed by atoms with Crippen molar-refractivity contribution in [3.05, 3.63) is 16.1 Å². The first kappa shape index (κ1) is 18.2. The predicted molar refractivity (Wildman–Crippen MR) is 102 cm³/mol. The zero-order valence-corrected chi connectivity index (χ0v) is 16.1. The number of hydrogen-bond donors (Lipinski definition) is 2. The Balaban J connectivity index is 1.40. The smallest absolute Gasteiger partial charge is 0.225 e. The second-order valence-corrected chi connectivity index (χ2v) is 8.06. The van der Waals surface area contributed by atoms with Crippen molar-refractivity contribution in [3.8, 4) is 0 Å². The summed E-state index contributed by atoms with van der Waals surface area (Å²) in [4.78, 5) is 23.4. The van der Waals surface area contributed by atoms with E-state index in [1.807, 2.05) is 11.8 Å². The lowest BCUT2D eigenvalue weighted by Crippen LogP contribution is -2.45. The number of aromatic nitrogens is 1. The standard InChI is InChI=1S/C18H29N5OS/c1-13-21-16(12-25-13)7-9-20-18(19-2)22-15-8-10-23(11-15)17(24)14-5-3-4-6-14/h12,14-15H,3-11H2,1-2H3,(H2,19,20,22). The average Bonchev–Trinajstić information content (AvgIpc) is 3.35. The first-order chi connectivity index (χ1) is 12.2. The van der Waals surface area contributed by atoms with Crippen LogP contribution in [0.25, 0.3) is 0 Å². The number of thiazole rings is 1. The maximum atomic E-state index is 12.5. The summed E-state index contributed by atoms with van der Waals surface area (Å²) in [6.07, 6.45) is 6.45. The molecule has 1 unspecified atom stereocenters. The largest absolute Gasteiger partial charge is 0.356 e. The molecule has 25 heavy (non-hydrogen) atoms.